The van der Waals surface area contributed by atoms with Crippen molar-refractivity contribution >= 4 is 5.97 Å². The molecule has 0 spiro atoms. The van der Waals surface area contributed by atoms with Gasteiger partial charge in [0.2, 0.25) is 0 Å². The van der Waals surface area contributed by atoms with E-state index in [0.29, 0.717) is 25.5 Å². The summed E-state index contributed by atoms with van der Waals surface area (Å²) < 4.78 is 10.8. The quantitative estimate of drug-likeness (QED) is 0.586. The summed E-state index contributed by atoms with van der Waals surface area (Å²) in [5.41, 5.74) is -0.196. The minimum atomic E-state index is -0.962. The normalized spacial score (nSPS) is 13.3. The van der Waals surface area contributed by atoms with Crippen LogP contribution in [0.4, 0.5) is 0 Å². The van der Waals surface area contributed by atoms with Crippen LogP contribution in [0.2, 0.25) is 0 Å². The zero-order valence-electron chi connectivity index (χ0n) is 12.4. The lowest BCUT2D eigenvalue weighted by molar-refractivity contribution is -0.151. The van der Waals surface area contributed by atoms with Gasteiger partial charge >= 0.3 is 5.97 Å². The van der Waals surface area contributed by atoms with Gasteiger partial charge in [0.15, 0.2) is 0 Å². The monoisotopic (exact) mass is 277 g/mol. The van der Waals surface area contributed by atoms with Crippen molar-refractivity contribution in [3.05, 3.63) is 42.5 Å². The average Bonchev–Trinajstić information content (AvgIpc) is 2.46. The Balaban J connectivity index is 3.21. The van der Waals surface area contributed by atoms with Crippen LogP contribution in [0.25, 0.3) is 0 Å². The van der Waals surface area contributed by atoms with E-state index >= 15 is 0 Å². The number of hydrogen-bond acceptors (Lipinski definition) is 4. The van der Waals surface area contributed by atoms with E-state index in [9.17, 15) is 4.79 Å². The zero-order chi connectivity index (χ0) is 15.0. The zero-order valence-corrected chi connectivity index (χ0v) is 12.4. The van der Waals surface area contributed by atoms with Crippen LogP contribution < -0.4 is 10.1 Å². The Hall–Kier alpha value is -1.81. The molecule has 0 bridgehead atoms. The maximum Gasteiger partial charge on any atom is 0.330 e. The highest BCUT2D eigenvalue weighted by Crippen LogP contribution is 2.31. The molecule has 0 amide bonds. The minimum absolute atomic E-state index is 0.325. The van der Waals surface area contributed by atoms with Gasteiger partial charge in [-0.05, 0) is 26.8 Å². The smallest absolute Gasteiger partial charge is 0.330 e. The molecule has 1 unspecified atom stereocenters. The van der Waals surface area contributed by atoms with Gasteiger partial charge in [0.05, 0.1) is 13.2 Å². The summed E-state index contributed by atoms with van der Waals surface area (Å²) in [7, 11) is 0. The summed E-state index contributed by atoms with van der Waals surface area (Å²) in [6.45, 7) is 10.5. The predicted molar refractivity (Wildman–Crippen MR) is 79.8 cm³/mol. The molecule has 4 heteroatoms. The van der Waals surface area contributed by atoms with Crippen molar-refractivity contribution in [3.8, 4) is 5.75 Å². The highest BCUT2D eigenvalue weighted by Gasteiger charge is 2.38. The van der Waals surface area contributed by atoms with Crippen LogP contribution in [0.15, 0.2) is 36.9 Å². The van der Waals surface area contributed by atoms with Gasteiger partial charge in [-0.2, -0.15) is 0 Å². The first-order valence-electron chi connectivity index (χ1n) is 6.85. The van der Waals surface area contributed by atoms with Crippen LogP contribution in [-0.4, -0.2) is 25.7 Å². The van der Waals surface area contributed by atoms with Gasteiger partial charge in [-0.3, -0.25) is 5.32 Å². The van der Waals surface area contributed by atoms with Crippen LogP contribution in [0.1, 0.15) is 26.3 Å². The van der Waals surface area contributed by atoms with Crippen LogP contribution >= 0.6 is 0 Å². The average molecular weight is 277 g/mol. The predicted octanol–water partition coefficient (Wildman–Crippen LogP) is 2.64. The molecule has 1 atom stereocenters. The van der Waals surface area contributed by atoms with Crippen LogP contribution in [0.5, 0.6) is 5.75 Å². The molecular weight excluding hydrogens is 254 g/mol. The fourth-order valence-electron chi connectivity index (χ4n) is 1.99. The Morgan fingerprint density at radius 1 is 1.35 bits per heavy atom. The van der Waals surface area contributed by atoms with Gasteiger partial charge < -0.3 is 9.47 Å². The molecule has 0 heterocycles. The Labute approximate surface area is 120 Å². The van der Waals surface area contributed by atoms with Crippen molar-refractivity contribution in [2.24, 2.45) is 0 Å². The third-order valence-corrected chi connectivity index (χ3v) is 3.01. The third-order valence-electron chi connectivity index (χ3n) is 3.01. The number of carbonyl (C=O) groups is 1. The summed E-state index contributed by atoms with van der Waals surface area (Å²) in [6.07, 6.45) is 1.71. The topological polar surface area (TPSA) is 47.6 Å². The first-order chi connectivity index (χ1) is 9.60. The summed E-state index contributed by atoms with van der Waals surface area (Å²) in [5, 5.41) is 3.17. The van der Waals surface area contributed by atoms with Crippen molar-refractivity contribution in [1.82, 2.24) is 5.32 Å². The molecule has 0 aliphatic carbocycles. The van der Waals surface area contributed by atoms with Gasteiger partial charge in [-0.25, -0.2) is 4.79 Å². The minimum Gasteiger partial charge on any atom is -0.494 e. The molecule has 20 heavy (non-hydrogen) atoms. The Morgan fingerprint density at radius 2 is 2.05 bits per heavy atom. The second-order valence-electron chi connectivity index (χ2n) is 4.44. The second kappa shape index (κ2) is 7.70. The molecule has 0 radical (unpaired) electrons. The van der Waals surface area contributed by atoms with Crippen LogP contribution in [0.3, 0.4) is 0 Å². The highest BCUT2D eigenvalue weighted by atomic mass is 16.5. The fraction of sp³-hybridized carbons (Fsp3) is 0.438. The molecule has 1 aromatic carbocycles. The molecule has 0 saturated carbocycles. The molecule has 0 aliphatic heterocycles. The standard InChI is InChI=1S/C16H23NO3/c1-5-12-17-16(4,15(18)20-7-3)13-10-8-9-11-14(13)19-6-2/h5,8-11,17H,1,6-7,12H2,2-4H3. The van der Waals surface area contributed by atoms with Gasteiger partial charge in [0.25, 0.3) is 0 Å². The maximum atomic E-state index is 12.4. The van der Waals surface area contributed by atoms with E-state index in [1.54, 1.807) is 19.9 Å². The number of benzene rings is 1. The van der Waals surface area contributed by atoms with E-state index in [1.807, 2.05) is 31.2 Å². The van der Waals surface area contributed by atoms with Crippen molar-refractivity contribution in [1.29, 1.82) is 0 Å². The third kappa shape index (κ3) is 3.61. The van der Waals surface area contributed by atoms with Crippen molar-refractivity contribution in [2.75, 3.05) is 19.8 Å². The van der Waals surface area contributed by atoms with E-state index in [-0.39, 0.29) is 5.97 Å². The summed E-state index contributed by atoms with van der Waals surface area (Å²) in [5.74, 6) is 0.358. The molecule has 1 N–H and O–H groups in total. The molecule has 1 rings (SSSR count). The fourth-order valence-corrected chi connectivity index (χ4v) is 1.99. The van der Waals surface area contributed by atoms with E-state index in [1.165, 1.54) is 0 Å². The lowest BCUT2D eigenvalue weighted by Crippen LogP contribution is -2.48. The molecule has 4 nitrogen and oxygen atoms in total. The molecule has 0 aliphatic rings. The van der Waals surface area contributed by atoms with Crippen molar-refractivity contribution < 1.29 is 14.3 Å². The Kier molecular flexibility index (Phi) is 6.25. The second-order valence-corrected chi connectivity index (χ2v) is 4.44. The van der Waals surface area contributed by atoms with E-state index in [4.69, 9.17) is 9.47 Å². The summed E-state index contributed by atoms with van der Waals surface area (Å²) in [6, 6.07) is 7.49. The number of para-hydroxylation sites is 1. The largest absolute Gasteiger partial charge is 0.494 e. The number of carbonyl (C=O) groups excluding carboxylic acids is 1. The highest BCUT2D eigenvalue weighted by molar-refractivity contribution is 5.83. The summed E-state index contributed by atoms with van der Waals surface area (Å²) >= 11 is 0. The molecule has 1 aromatic rings. The molecule has 0 fully saturated rings. The first kappa shape index (κ1) is 16.2. The van der Waals surface area contributed by atoms with Crippen molar-refractivity contribution in [3.63, 3.8) is 0 Å². The van der Waals surface area contributed by atoms with E-state index in [0.717, 1.165) is 5.56 Å². The van der Waals surface area contributed by atoms with E-state index in [2.05, 4.69) is 11.9 Å². The molecule has 0 saturated heterocycles. The number of ether oxygens (including phenoxy) is 2. The number of hydrogen-bond donors (Lipinski definition) is 1. The first-order valence-corrected chi connectivity index (χ1v) is 6.85. The maximum absolute atomic E-state index is 12.4. The van der Waals surface area contributed by atoms with Gasteiger partial charge in [-0.15, -0.1) is 6.58 Å². The Morgan fingerprint density at radius 3 is 2.65 bits per heavy atom. The Bertz CT molecular complexity index is 459. The van der Waals surface area contributed by atoms with Gasteiger partial charge in [-0.1, -0.05) is 24.3 Å². The number of nitrogens with one attached hydrogen (secondary N) is 1. The lowest BCUT2D eigenvalue weighted by Gasteiger charge is -2.30. The van der Waals surface area contributed by atoms with E-state index < -0.39 is 5.54 Å². The van der Waals surface area contributed by atoms with Gasteiger partial charge in [0, 0.05) is 12.1 Å². The van der Waals surface area contributed by atoms with Crippen LogP contribution in [0, 0.1) is 0 Å². The molecular formula is C16H23NO3. The van der Waals surface area contributed by atoms with Crippen molar-refractivity contribution in [2.45, 2.75) is 26.3 Å². The number of esters is 1. The molecule has 110 valence electrons. The van der Waals surface area contributed by atoms with Crippen LogP contribution in [-0.2, 0) is 15.1 Å². The number of rotatable bonds is 8. The summed E-state index contributed by atoms with van der Waals surface area (Å²) in [4.78, 5) is 12.4. The molecule has 0 aromatic heterocycles. The van der Waals surface area contributed by atoms with Gasteiger partial charge in [0.1, 0.15) is 11.3 Å². The lowest BCUT2D eigenvalue weighted by atomic mass is 9.91. The SMILES string of the molecule is C=CCNC(C)(C(=O)OCC)c1ccccc1OCC.